The van der Waals surface area contributed by atoms with Crippen LogP contribution in [0.3, 0.4) is 0 Å². The Hall–Kier alpha value is -1.62. The third kappa shape index (κ3) is 4.00. The van der Waals surface area contributed by atoms with E-state index in [-0.39, 0.29) is 5.91 Å². The minimum atomic E-state index is -0.400. The topological polar surface area (TPSA) is 63.2 Å². The standard InChI is InChI=1S/C13H21N3O2/c1-9-6-10(7-11(14-4)15-9)12(17)16-13(2,3)8-18-5/h6-7H,8H2,1-5H3,(H,14,15)(H,16,17). The molecule has 18 heavy (non-hydrogen) atoms. The lowest BCUT2D eigenvalue weighted by atomic mass is 10.1. The number of nitrogens with one attached hydrogen (secondary N) is 2. The van der Waals surface area contributed by atoms with Crippen molar-refractivity contribution in [3.8, 4) is 0 Å². The van der Waals surface area contributed by atoms with E-state index in [2.05, 4.69) is 15.6 Å². The number of carbonyl (C=O) groups excluding carboxylic acids is 1. The molecule has 0 unspecified atom stereocenters. The molecule has 5 nitrogen and oxygen atoms in total. The highest BCUT2D eigenvalue weighted by Gasteiger charge is 2.21. The van der Waals surface area contributed by atoms with Crippen LogP contribution in [0.1, 0.15) is 29.9 Å². The summed E-state index contributed by atoms with van der Waals surface area (Å²) in [6.45, 7) is 6.16. The summed E-state index contributed by atoms with van der Waals surface area (Å²) in [5, 5.41) is 5.87. The highest BCUT2D eigenvalue weighted by molar-refractivity contribution is 5.95. The maximum atomic E-state index is 12.1. The van der Waals surface area contributed by atoms with E-state index < -0.39 is 5.54 Å². The van der Waals surface area contributed by atoms with E-state index in [0.29, 0.717) is 18.0 Å². The molecule has 0 aliphatic rings. The molecular weight excluding hydrogens is 230 g/mol. The monoisotopic (exact) mass is 251 g/mol. The minimum absolute atomic E-state index is 0.126. The fourth-order valence-electron chi connectivity index (χ4n) is 1.70. The van der Waals surface area contributed by atoms with Crippen molar-refractivity contribution in [1.29, 1.82) is 0 Å². The number of rotatable bonds is 5. The molecule has 0 aromatic carbocycles. The Morgan fingerprint density at radius 3 is 2.67 bits per heavy atom. The summed E-state index contributed by atoms with van der Waals surface area (Å²) in [5.41, 5.74) is 0.996. The molecule has 0 saturated carbocycles. The number of aromatic nitrogens is 1. The molecule has 1 amide bonds. The molecule has 0 atom stereocenters. The SMILES string of the molecule is CNc1cc(C(=O)NC(C)(C)COC)cc(C)n1. The van der Waals surface area contributed by atoms with Gasteiger partial charge >= 0.3 is 0 Å². The van der Waals surface area contributed by atoms with E-state index in [9.17, 15) is 4.79 Å². The van der Waals surface area contributed by atoms with Crippen LogP contribution >= 0.6 is 0 Å². The van der Waals surface area contributed by atoms with E-state index in [4.69, 9.17) is 4.74 Å². The number of amides is 1. The zero-order chi connectivity index (χ0) is 13.8. The smallest absolute Gasteiger partial charge is 0.251 e. The van der Waals surface area contributed by atoms with Gasteiger partial charge < -0.3 is 15.4 Å². The van der Waals surface area contributed by atoms with Crippen LogP contribution in [0.15, 0.2) is 12.1 Å². The molecule has 0 radical (unpaired) electrons. The zero-order valence-electron chi connectivity index (χ0n) is 11.6. The molecule has 0 bridgehead atoms. The van der Waals surface area contributed by atoms with Gasteiger partial charge in [-0.2, -0.15) is 0 Å². The van der Waals surface area contributed by atoms with Crippen molar-refractivity contribution in [3.63, 3.8) is 0 Å². The second-order valence-corrected chi connectivity index (χ2v) is 4.90. The Kier molecular flexibility index (Phi) is 4.67. The van der Waals surface area contributed by atoms with Gasteiger partial charge in [0, 0.05) is 25.4 Å². The van der Waals surface area contributed by atoms with Gasteiger partial charge in [0.15, 0.2) is 0 Å². The maximum Gasteiger partial charge on any atom is 0.251 e. The van der Waals surface area contributed by atoms with Gasteiger partial charge in [-0.15, -0.1) is 0 Å². The number of anilines is 1. The Labute approximate surface area is 108 Å². The van der Waals surface area contributed by atoms with Crippen molar-refractivity contribution in [2.75, 3.05) is 26.1 Å². The molecule has 1 heterocycles. The molecule has 0 spiro atoms. The van der Waals surface area contributed by atoms with Gasteiger partial charge in [-0.05, 0) is 32.9 Å². The van der Waals surface area contributed by atoms with Crippen LogP contribution in [0.25, 0.3) is 0 Å². The first-order valence-electron chi connectivity index (χ1n) is 5.86. The van der Waals surface area contributed by atoms with Crippen molar-refractivity contribution in [1.82, 2.24) is 10.3 Å². The average Bonchev–Trinajstić information content (AvgIpc) is 2.27. The number of hydrogen-bond acceptors (Lipinski definition) is 4. The minimum Gasteiger partial charge on any atom is -0.382 e. The molecule has 0 aliphatic carbocycles. The average molecular weight is 251 g/mol. The largest absolute Gasteiger partial charge is 0.382 e. The summed E-state index contributed by atoms with van der Waals surface area (Å²) in [7, 11) is 3.39. The number of aryl methyl sites for hydroxylation is 1. The van der Waals surface area contributed by atoms with Gasteiger partial charge in [-0.3, -0.25) is 4.79 Å². The predicted molar refractivity (Wildman–Crippen MR) is 71.9 cm³/mol. The van der Waals surface area contributed by atoms with Crippen LogP contribution in [-0.4, -0.2) is 37.2 Å². The zero-order valence-corrected chi connectivity index (χ0v) is 11.6. The van der Waals surface area contributed by atoms with Gasteiger partial charge in [0.25, 0.3) is 5.91 Å². The summed E-state index contributed by atoms with van der Waals surface area (Å²) < 4.78 is 5.07. The van der Waals surface area contributed by atoms with Crippen LogP contribution in [0.4, 0.5) is 5.82 Å². The highest BCUT2D eigenvalue weighted by atomic mass is 16.5. The number of methoxy groups -OCH3 is 1. The molecule has 5 heteroatoms. The van der Waals surface area contributed by atoms with Crippen LogP contribution < -0.4 is 10.6 Å². The molecule has 1 aromatic heterocycles. The lowest BCUT2D eigenvalue weighted by Crippen LogP contribution is -2.46. The predicted octanol–water partition coefficient (Wildman–Crippen LogP) is 1.59. The number of pyridine rings is 1. The first-order chi connectivity index (χ1) is 8.38. The van der Waals surface area contributed by atoms with Crippen molar-refractivity contribution in [3.05, 3.63) is 23.4 Å². The molecule has 0 saturated heterocycles. The summed E-state index contributed by atoms with van der Waals surface area (Å²) in [6.07, 6.45) is 0. The summed E-state index contributed by atoms with van der Waals surface area (Å²) in [4.78, 5) is 16.4. The summed E-state index contributed by atoms with van der Waals surface area (Å²) >= 11 is 0. The summed E-state index contributed by atoms with van der Waals surface area (Å²) in [5.74, 6) is 0.559. The summed E-state index contributed by atoms with van der Waals surface area (Å²) in [6, 6.07) is 3.49. The molecular formula is C13H21N3O2. The first-order valence-corrected chi connectivity index (χ1v) is 5.86. The van der Waals surface area contributed by atoms with Crippen LogP contribution in [0.5, 0.6) is 0 Å². The van der Waals surface area contributed by atoms with Gasteiger partial charge in [0.1, 0.15) is 5.82 Å². The lowest BCUT2D eigenvalue weighted by Gasteiger charge is -2.25. The van der Waals surface area contributed by atoms with Gasteiger partial charge in [0.2, 0.25) is 0 Å². The van der Waals surface area contributed by atoms with Gasteiger partial charge in [-0.25, -0.2) is 4.98 Å². The number of hydrogen-bond donors (Lipinski definition) is 2. The normalized spacial score (nSPS) is 11.2. The first kappa shape index (κ1) is 14.4. The maximum absolute atomic E-state index is 12.1. The quantitative estimate of drug-likeness (QED) is 0.834. The van der Waals surface area contributed by atoms with Crippen LogP contribution in [0, 0.1) is 6.92 Å². The van der Waals surface area contributed by atoms with E-state index in [0.717, 1.165) is 5.69 Å². The van der Waals surface area contributed by atoms with E-state index in [1.807, 2.05) is 20.8 Å². The Bertz CT molecular complexity index is 430. The van der Waals surface area contributed by atoms with Crippen LogP contribution in [0.2, 0.25) is 0 Å². The molecule has 0 aliphatic heterocycles. The van der Waals surface area contributed by atoms with Crippen molar-refractivity contribution in [2.45, 2.75) is 26.3 Å². The molecule has 1 rings (SSSR count). The van der Waals surface area contributed by atoms with Crippen LogP contribution in [-0.2, 0) is 4.74 Å². The molecule has 2 N–H and O–H groups in total. The van der Waals surface area contributed by atoms with Crippen molar-refractivity contribution >= 4 is 11.7 Å². The Morgan fingerprint density at radius 2 is 2.11 bits per heavy atom. The molecule has 100 valence electrons. The van der Waals surface area contributed by atoms with E-state index in [1.54, 1.807) is 26.3 Å². The fraction of sp³-hybridized carbons (Fsp3) is 0.538. The lowest BCUT2D eigenvalue weighted by molar-refractivity contribution is 0.0820. The Morgan fingerprint density at radius 1 is 1.44 bits per heavy atom. The van der Waals surface area contributed by atoms with E-state index in [1.165, 1.54) is 0 Å². The molecule has 1 aromatic rings. The third-order valence-electron chi connectivity index (χ3n) is 2.43. The third-order valence-corrected chi connectivity index (χ3v) is 2.43. The second-order valence-electron chi connectivity index (χ2n) is 4.90. The second kappa shape index (κ2) is 5.82. The van der Waals surface area contributed by atoms with Gasteiger partial charge in [-0.1, -0.05) is 0 Å². The highest BCUT2D eigenvalue weighted by Crippen LogP contribution is 2.11. The Balaban J connectivity index is 2.87. The number of nitrogens with zero attached hydrogens (tertiary/aromatic N) is 1. The van der Waals surface area contributed by atoms with Crippen molar-refractivity contribution in [2.24, 2.45) is 0 Å². The number of ether oxygens (including phenoxy) is 1. The number of carbonyl (C=O) groups is 1. The van der Waals surface area contributed by atoms with Gasteiger partial charge in [0.05, 0.1) is 12.1 Å². The van der Waals surface area contributed by atoms with Crippen molar-refractivity contribution < 1.29 is 9.53 Å². The fourth-order valence-corrected chi connectivity index (χ4v) is 1.70. The van der Waals surface area contributed by atoms with E-state index >= 15 is 0 Å². The molecule has 0 fully saturated rings.